The summed E-state index contributed by atoms with van der Waals surface area (Å²) in [5.74, 6) is 0.737. The van der Waals surface area contributed by atoms with Crippen LogP contribution in [0.1, 0.15) is 62.4 Å². The van der Waals surface area contributed by atoms with Gasteiger partial charge >= 0.3 is 0 Å². The van der Waals surface area contributed by atoms with Crippen molar-refractivity contribution in [1.82, 2.24) is 9.97 Å². The van der Waals surface area contributed by atoms with Gasteiger partial charge in [-0.3, -0.25) is 4.98 Å². The molecule has 0 amide bonds. The molecule has 0 spiro atoms. The first-order valence-corrected chi connectivity index (χ1v) is 13.5. The van der Waals surface area contributed by atoms with E-state index in [9.17, 15) is 10.4 Å². The van der Waals surface area contributed by atoms with Crippen molar-refractivity contribution < 1.29 is 26.2 Å². The third-order valence-electron chi connectivity index (χ3n) is 7.93. The van der Waals surface area contributed by atoms with E-state index in [0.29, 0.717) is 11.2 Å². The normalized spacial score (nSPS) is 13.6. The molecule has 6 rings (SSSR count). The molecule has 6 heteroatoms. The van der Waals surface area contributed by atoms with Crippen LogP contribution in [0.25, 0.3) is 22.2 Å². The van der Waals surface area contributed by atoms with E-state index in [2.05, 4.69) is 95.0 Å². The number of aromatic hydroxyl groups is 1. The largest absolute Gasteiger partial charge is 0.504 e. The van der Waals surface area contributed by atoms with E-state index in [1.807, 2.05) is 30.5 Å². The standard InChI is InChI=1S/C35H31N4O.Pt/c1-21-15-16-37-31(17-21)39-29-10-8-7-9-25(29)35(5,6)26-13-11-22(19-30(26)39)28-14-12-24-27(34(2,3)4)18-23(20-36)33(40)32(24)38-28;/h7-18,40H,1-6H3;/q-1;. The third-order valence-corrected chi connectivity index (χ3v) is 7.93. The Labute approximate surface area is 255 Å². The Hall–Kier alpha value is -4.00. The molecule has 0 fully saturated rings. The summed E-state index contributed by atoms with van der Waals surface area (Å²) < 4.78 is 0. The number of nitrogens with zero attached hydrogens (tertiary/aromatic N) is 4. The Morgan fingerprint density at radius 2 is 1.73 bits per heavy atom. The maximum absolute atomic E-state index is 11.0. The molecular weight excluding hydrogens is 687 g/mol. The van der Waals surface area contributed by atoms with Crippen molar-refractivity contribution in [2.45, 2.75) is 52.4 Å². The number of fused-ring (bicyclic) bond motifs is 3. The molecule has 1 N–H and O–H groups in total. The van der Waals surface area contributed by atoms with E-state index in [1.165, 1.54) is 5.56 Å². The van der Waals surface area contributed by atoms with E-state index in [-0.39, 0.29) is 43.2 Å². The SMILES string of the molecule is Cc1ccnc(N2c3[c-]c(-c4ccc5c(C(C)(C)C)cc(C#N)c(O)c5n4)ccc3C(C)(C)c3ccccc32)c1.[Pt]. The molecule has 0 bridgehead atoms. The van der Waals surface area contributed by atoms with Gasteiger partial charge in [0.05, 0.1) is 5.56 Å². The molecule has 2 aromatic heterocycles. The molecule has 0 aliphatic carbocycles. The van der Waals surface area contributed by atoms with Crippen LogP contribution >= 0.6 is 0 Å². The van der Waals surface area contributed by atoms with Crippen LogP contribution in [0.3, 0.4) is 0 Å². The van der Waals surface area contributed by atoms with Crippen LogP contribution in [0.5, 0.6) is 5.75 Å². The minimum atomic E-state index is -0.250. The number of aromatic nitrogens is 2. The molecule has 5 nitrogen and oxygen atoms in total. The zero-order valence-electron chi connectivity index (χ0n) is 24.0. The van der Waals surface area contributed by atoms with Crippen molar-refractivity contribution in [1.29, 1.82) is 5.26 Å². The second kappa shape index (κ2) is 10.1. The molecular formula is C35H31N4OPt-. The monoisotopic (exact) mass is 718 g/mol. The summed E-state index contributed by atoms with van der Waals surface area (Å²) in [5, 5.41) is 21.5. The van der Waals surface area contributed by atoms with Gasteiger partial charge in [-0.15, -0.1) is 23.8 Å². The fourth-order valence-corrected chi connectivity index (χ4v) is 5.79. The number of rotatable bonds is 2. The Balaban J connectivity index is 0.00000337. The van der Waals surface area contributed by atoms with Gasteiger partial charge in [0.2, 0.25) is 0 Å². The predicted molar refractivity (Wildman–Crippen MR) is 160 cm³/mol. The number of phenolic OH excluding ortho intramolecular Hbond substituents is 1. The van der Waals surface area contributed by atoms with Crippen LogP contribution < -0.4 is 4.90 Å². The number of hydrogen-bond donors (Lipinski definition) is 1. The zero-order chi connectivity index (χ0) is 28.4. The second-order valence-electron chi connectivity index (χ2n) is 12.1. The minimum absolute atomic E-state index is 0. The molecule has 3 aromatic carbocycles. The van der Waals surface area contributed by atoms with Gasteiger partial charge in [0.25, 0.3) is 0 Å². The number of para-hydroxylation sites is 1. The Morgan fingerprint density at radius 1 is 0.976 bits per heavy atom. The summed E-state index contributed by atoms with van der Waals surface area (Å²) in [6.45, 7) is 12.8. The van der Waals surface area contributed by atoms with Crippen LogP contribution in [0.2, 0.25) is 0 Å². The fraction of sp³-hybridized carbons (Fsp3) is 0.229. The van der Waals surface area contributed by atoms with Gasteiger partial charge in [-0.1, -0.05) is 70.5 Å². The summed E-state index contributed by atoms with van der Waals surface area (Å²) in [6.07, 6.45) is 1.84. The van der Waals surface area contributed by atoms with Crippen LogP contribution in [-0.2, 0) is 31.9 Å². The van der Waals surface area contributed by atoms with Gasteiger partial charge in [0, 0.05) is 38.3 Å². The van der Waals surface area contributed by atoms with Crippen molar-refractivity contribution in [3.63, 3.8) is 0 Å². The molecule has 0 saturated heterocycles. The van der Waals surface area contributed by atoms with Gasteiger partial charge in [0.1, 0.15) is 17.4 Å². The van der Waals surface area contributed by atoms with Crippen molar-refractivity contribution in [2.24, 2.45) is 0 Å². The Kier molecular flexibility index (Phi) is 7.04. The van der Waals surface area contributed by atoms with Crippen LogP contribution in [0.4, 0.5) is 17.2 Å². The zero-order valence-corrected chi connectivity index (χ0v) is 26.3. The van der Waals surface area contributed by atoms with Crippen LogP contribution in [0.15, 0.2) is 72.9 Å². The second-order valence-corrected chi connectivity index (χ2v) is 12.1. The molecule has 0 atom stereocenters. The average Bonchev–Trinajstić information content (AvgIpc) is 2.92. The summed E-state index contributed by atoms with van der Waals surface area (Å²) >= 11 is 0. The fourth-order valence-electron chi connectivity index (χ4n) is 5.79. The van der Waals surface area contributed by atoms with E-state index in [1.54, 1.807) is 6.07 Å². The number of aryl methyl sites for hydroxylation is 1. The van der Waals surface area contributed by atoms with Crippen molar-refractivity contribution in [2.75, 3.05) is 4.90 Å². The number of nitriles is 1. The van der Waals surface area contributed by atoms with Crippen LogP contribution in [0, 0.1) is 24.3 Å². The van der Waals surface area contributed by atoms with Gasteiger partial charge in [-0.05, 0) is 70.1 Å². The molecule has 0 saturated carbocycles. The number of anilines is 3. The van der Waals surface area contributed by atoms with Crippen molar-refractivity contribution in [3.8, 4) is 23.1 Å². The topological polar surface area (TPSA) is 73.0 Å². The summed E-state index contributed by atoms with van der Waals surface area (Å²) in [6, 6.07) is 28.3. The van der Waals surface area contributed by atoms with Crippen molar-refractivity contribution >= 4 is 28.1 Å². The van der Waals surface area contributed by atoms with Gasteiger partial charge in [-0.2, -0.15) is 5.26 Å². The van der Waals surface area contributed by atoms with E-state index < -0.39 is 0 Å². The first kappa shape index (κ1) is 28.5. The van der Waals surface area contributed by atoms with E-state index in [4.69, 9.17) is 9.97 Å². The number of pyridine rings is 2. The van der Waals surface area contributed by atoms with Gasteiger partial charge < -0.3 is 10.0 Å². The van der Waals surface area contributed by atoms with Crippen LogP contribution in [-0.4, -0.2) is 15.1 Å². The minimum Gasteiger partial charge on any atom is -0.504 e. The van der Waals surface area contributed by atoms with Gasteiger partial charge in [-0.25, -0.2) is 4.98 Å². The number of benzene rings is 3. The number of hydrogen-bond acceptors (Lipinski definition) is 5. The third kappa shape index (κ3) is 4.61. The predicted octanol–water partition coefficient (Wildman–Crippen LogP) is 8.39. The summed E-state index contributed by atoms with van der Waals surface area (Å²) in [4.78, 5) is 11.8. The molecule has 1 aliphatic rings. The molecule has 0 radical (unpaired) electrons. The molecule has 5 aromatic rings. The molecule has 208 valence electrons. The van der Waals surface area contributed by atoms with Gasteiger partial charge in [0.15, 0.2) is 5.75 Å². The Bertz CT molecular complexity index is 1860. The van der Waals surface area contributed by atoms with Crippen molar-refractivity contribution in [3.05, 3.63) is 107 Å². The molecule has 0 unspecified atom stereocenters. The molecule has 3 heterocycles. The maximum Gasteiger partial charge on any atom is 0.158 e. The average molecular weight is 719 g/mol. The summed E-state index contributed by atoms with van der Waals surface area (Å²) in [5.41, 5.74) is 8.11. The van der Waals surface area contributed by atoms with E-state index >= 15 is 0 Å². The first-order valence-electron chi connectivity index (χ1n) is 13.5. The smallest absolute Gasteiger partial charge is 0.158 e. The number of phenols is 1. The quantitative estimate of drug-likeness (QED) is 0.186. The van der Waals surface area contributed by atoms with E-state index in [0.717, 1.165) is 44.8 Å². The maximum atomic E-state index is 11.0. The molecule has 1 aliphatic heterocycles. The first-order chi connectivity index (χ1) is 19.0. The molecule has 41 heavy (non-hydrogen) atoms. The Morgan fingerprint density at radius 3 is 2.44 bits per heavy atom. The summed E-state index contributed by atoms with van der Waals surface area (Å²) in [7, 11) is 0.